The van der Waals surface area contributed by atoms with E-state index in [1.165, 1.54) is 6.07 Å². The maximum atomic E-state index is 13.4. The predicted molar refractivity (Wildman–Crippen MR) is 80.3 cm³/mol. The molecule has 1 fully saturated rings. The Kier molecular flexibility index (Phi) is 6.96. The molecule has 2 atom stereocenters. The number of hydrogen-bond acceptors (Lipinski definition) is 2. The number of nitrogens with one attached hydrogen (secondary N) is 1. The first kappa shape index (κ1) is 16.9. The molecular formula is C15H22ClFN2O. The Morgan fingerprint density at radius 1 is 1.35 bits per heavy atom. The topological polar surface area (TPSA) is 55.1 Å². The number of nitrogens with two attached hydrogens (primary N) is 1. The van der Waals surface area contributed by atoms with E-state index in [1.54, 1.807) is 18.2 Å². The molecule has 1 aromatic carbocycles. The number of halogens is 2. The highest BCUT2D eigenvalue weighted by atomic mass is 35.5. The third-order valence-electron chi connectivity index (χ3n) is 3.74. The van der Waals surface area contributed by atoms with Gasteiger partial charge in [0.1, 0.15) is 5.82 Å². The molecule has 2 unspecified atom stereocenters. The third kappa shape index (κ3) is 4.76. The van der Waals surface area contributed by atoms with Gasteiger partial charge in [-0.05, 0) is 37.3 Å². The van der Waals surface area contributed by atoms with Gasteiger partial charge in [-0.3, -0.25) is 4.79 Å². The lowest BCUT2D eigenvalue weighted by molar-refractivity contribution is -0.126. The smallest absolute Gasteiger partial charge is 0.223 e. The van der Waals surface area contributed by atoms with Crippen LogP contribution in [0.1, 0.15) is 31.2 Å². The lowest BCUT2D eigenvalue weighted by atomic mass is 9.85. The SMILES string of the molecule is Cl.NC1CCCC(C(=O)NCCc2ccccc2F)C1. The van der Waals surface area contributed by atoms with Crippen LogP contribution in [0, 0.1) is 11.7 Å². The van der Waals surface area contributed by atoms with Crippen molar-refractivity contribution in [1.29, 1.82) is 0 Å². The van der Waals surface area contributed by atoms with Gasteiger partial charge in [0, 0.05) is 18.5 Å². The number of benzene rings is 1. The van der Waals surface area contributed by atoms with E-state index in [4.69, 9.17) is 5.73 Å². The van der Waals surface area contributed by atoms with E-state index in [0.29, 0.717) is 18.5 Å². The van der Waals surface area contributed by atoms with Crippen LogP contribution in [0.5, 0.6) is 0 Å². The van der Waals surface area contributed by atoms with Crippen LogP contribution in [-0.2, 0) is 11.2 Å². The summed E-state index contributed by atoms with van der Waals surface area (Å²) in [6.45, 7) is 0.478. The summed E-state index contributed by atoms with van der Waals surface area (Å²) in [6, 6.07) is 6.81. The summed E-state index contributed by atoms with van der Waals surface area (Å²) in [5, 5.41) is 2.89. The molecule has 1 aliphatic rings. The van der Waals surface area contributed by atoms with Gasteiger partial charge >= 0.3 is 0 Å². The zero-order valence-electron chi connectivity index (χ0n) is 11.5. The van der Waals surface area contributed by atoms with Crippen LogP contribution < -0.4 is 11.1 Å². The molecule has 5 heteroatoms. The van der Waals surface area contributed by atoms with E-state index in [2.05, 4.69) is 5.32 Å². The van der Waals surface area contributed by atoms with E-state index in [9.17, 15) is 9.18 Å². The number of carbonyl (C=O) groups excluding carboxylic acids is 1. The highest BCUT2D eigenvalue weighted by Gasteiger charge is 2.24. The molecule has 1 aromatic rings. The number of amides is 1. The molecular weight excluding hydrogens is 279 g/mol. The second-order valence-electron chi connectivity index (χ2n) is 5.26. The minimum Gasteiger partial charge on any atom is -0.356 e. The van der Waals surface area contributed by atoms with Gasteiger partial charge in [-0.15, -0.1) is 12.4 Å². The third-order valence-corrected chi connectivity index (χ3v) is 3.74. The van der Waals surface area contributed by atoms with Crippen LogP contribution in [0.2, 0.25) is 0 Å². The van der Waals surface area contributed by atoms with Crippen molar-refractivity contribution in [3.8, 4) is 0 Å². The lowest BCUT2D eigenvalue weighted by Crippen LogP contribution is -2.38. The maximum absolute atomic E-state index is 13.4. The van der Waals surface area contributed by atoms with Gasteiger partial charge in [0.05, 0.1) is 0 Å². The minimum atomic E-state index is -0.212. The zero-order chi connectivity index (χ0) is 13.7. The zero-order valence-corrected chi connectivity index (χ0v) is 12.3. The highest BCUT2D eigenvalue weighted by Crippen LogP contribution is 2.23. The molecule has 0 aliphatic heterocycles. The van der Waals surface area contributed by atoms with E-state index < -0.39 is 0 Å². The first-order valence-corrected chi connectivity index (χ1v) is 6.93. The van der Waals surface area contributed by atoms with Gasteiger partial charge in [0.2, 0.25) is 5.91 Å². The summed E-state index contributed by atoms with van der Waals surface area (Å²) < 4.78 is 13.4. The minimum absolute atomic E-state index is 0. The molecule has 1 amide bonds. The molecule has 1 aliphatic carbocycles. The molecule has 0 heterocycles. The maximum Gasteiger partial charge on any atom is 0.223 e. The first-order chi connectivity index (χ1) is 9.16. The summed E-state index contributed by atoms with van der Waals surface area (Å²) in [5.41, 5.74) is 6.51. The largest absolute Gasteiger partial charge is 0.356 e. The molecule has 0 saturated heterocycles. The summed E-state index contributed by atoms with van der Waals surface area (Å²) in [4.78, 5) is 12.0. The molecule has 0 spiro atoms. The van der Waals surface area contributed by atoms with Crippen molar-refractivity contribution < 1.29 is 9.18 Å². The number of rotatable bonds is 4. The van der Waals surface area contributed by atoms with Crippen LogP contribution in [0.25, 0.3) is 0 Å². The molecule has 0 bridgehead atoms. The van der Waals surface area contributed by atoms with Crippen LogP contribution in [0.4, 0.5) is 4.39 Å². The number of carbonyl (C=O) groups is 1. The van der Waals surface area contributed by atoms with Crippen LogP contribution in [-0.4, -0.2) is 18.5 Å². The Labute approximate surface area is 125 Å². The lowest BCUT2D eigenvalue weighted by Gasteiger charge is -2.25. The fourth-order valence-electron chi connectivity index (χ4n) is 2.63. The van der Waals surface area contributed by atoms with Gasteiger partial charge in [0.25, 0.3) is 0 Å². The van der Waals surface area contributed by atoms with Crippen molar-refractivity contribution in [3.05, 3.63) is 35.6 Å². The molecule has 2 rings (SSSR count). The molecule has 0 aromatic heterocycles. The fraction of sp³-hybridized carbons (Fsp3) is 0.533. The van der Waals surface area contributed by atoms with E-state index >= 15 is 0 Å². The van der Waals surface area contributed by atoms with Gasteiger partial charge in [-0.2, -0.15) is 0 Å². The van der Waals surface area contributed by atoms with Crippen molar-refractivity contribution >= 4 is 18.3 Å². The van der Waals surface area contributed by atoms with Gasteiger partial charge in [-0.25, -0.2) is 4.39 Å². The molecule has 112 valence electrons. The van der Waals surface area contributed by atoms with Crippen LogP contribution >= 0.6 is 12.4 Å². The fourth-order valence-corrected chi connectivity index (χ4v) is 2.63. The summed E-state index contributed by atoms with van der Waals surface area (Å²) in [6.07, 6.45) is 4.24. The average molecular weight is 301 g/mol. The Balaban J connectivity index is 0.00000200. The molecule has 20 heavy (non-hydrogen) atoms. The molecule has 1 saturated carbocycles. The molecule has 3 N–H and O–H groups in total. The van der Waals surface area contributed by atoms with Gasteiger partial charge in [-0.1, -0.05) is 24.6 Å². The quantitative estimate of drug-likeness (QED) is 0.897. The molecule has 0 radical (unpaired) electrons. The highest BCUT2D eigenvalue weighted by molar-refractivity contribution is 5.85. The van der Waals surface area contributed by atoms with Crippen molar-refractivity contribution in [2.24, 2.45) is 11.7 Å². The van der Waals surface area contributed by atoms with Crippen molar-refractivity contribution in [2.45, 2.75) is 38.1 Å². The van der Waals surface area contributed by atoms with Crippen molar-refractivity contribution in [1.82, 2.24) is 5.32 Å². The van der Waals surface area contributed by atoms with E-state index in [-0.39, 0.29) is 36.1 Å². The second-order valence-corrected chi connectivity index (χ2v) is 5.26. The van der Waals surface area contributed by atoms with Crippen molar-refractivity contribution in [3.63, 3.8) is 0 Å². The van der Waals surface area contributed by atoms with E-state index in [0.717, 1.165) is 25.7 Å². The Morgan fingerprint density at radius 3 is 2.80 bits per heavy atom. The summed E-state index contributed by atoms with van der Waals surface area (Å²) >= 11 is 0. The average Bonchev–Trinajstić information content (AvgIpc) is 2.41. The summed E-state index contributed by atoms with van der Waals surface area (Å²) in [5.74, 6) is -0.118. The Hall–Kier alpha value is -1.13. The first-order valence-electron chi connectivity index (χ1n) is 6.93. The normalized spacial score (nSPS) is 21.9. The second kappa shape index (κ2) is 8.22. The number of hydrogen-bond donors (Lipinski definition) is 2. The van der Waals surface area contributed by atoms with E-state index in [1.807, 2.05) is 0 Å². The monoisotopic (exact) mass is 300 g/mol. The Morgan fingerprint density at radius 2 is 2.10 bits per heavy atom. The van der Waals surface area contributed by atoms with Gasteiger partial charge < -0.3 is 11.1 Å². The molecule has 3 nitrogen and oxygen atoms in total. The predicted octanol–water partition coefficient (Wildman–Crippen LogP) is 2.42. The van der Waals surface area contributed by atoms with Crippen LogP contribution in [0.3, 0.4) is 0 Å². The standard InChI is InChI=1S/C15H21FN2O.ClH/c16-14-7-2-1-4-11(14)8-9-18-15(19)12-5-3-6-13(17)10-12;/h1-2,4,7,12-13H,3,5-6,8-10,17H2,(H,18,19);1H. The summed E-state index contributed by atoms with van der Waals surface area (Å²) in [7, 11) is 0. The van der Waals surface area contributed by atoms with Gasteiger partial charge in [0.15, 0.2) is 0 Å². The van der Waals surface area contributed by atoms with Crippen LogP contribution in [0.15, 0.2) is 24.3 Å². The Bertz CT molecular complexity index is 442. The van der Waals surface area contributed by atoms with Crippen molar-refractivity contribution in [2.75, 3.05) is 6.54 Å².